The molecule has 0 atom stereocenters. The largest absolute Gasteiger partial charge is 0.439 e. The smallest absolute Gasteiger partial charge is 0.417 e. The van der Waals surface area contributed by atoms with Gasteiger partial charge in [-0.1, -0.05) is 28.9 Å². The normalized spacial score (nSPS) is 14.1. The van der Waals surface area contributed by atoms with E-state index in [0.29, 0.717) is 37.6 Å². The van der Waals surface area contributed by atoms with E-state index in [9.17, 15) is 18.0 Å². The van der Waals surface area contributed by atoms with Crippen molar-refractivity contribution in [1.29, 1.82) is 0 Å². The van der Waals surface area contributed by atoms with Crippen molar-refractivity contribution in [1.82, 2.24) is 15.0 Å². The number of piperidine rings is 1. The van der Waals surface area contributed by atoms with E-state index in [-0.39, 0.29) is 11.9 Å². The van der Waals surface area contributed by atoms with Crippen molar-refractivity contribution >= 4 is 18.0 Å². The Morgan fingerprint density at radius 3 is 2.56 bits per heavy atom. The second kappa shape index (κ2) is 9.58. The van der Waals surface area contributed by atoms with Crippen LogP contribution in [0.25, 0.3) is 6.08 Å². The molecule has 0 saturated carbocycles. The SMILES string of the molecule is Cc1noc(NC(=O)N2CCC(=Cc3cccc(Oc4ccc(C(F)(F)F)cn4)c3)CC2)c1C. The monoisotopic (exact) mass is 472 g/mol. The molecule has 3 heterocycles. The number of alkyl halides is 3. The molecule has 2 amide bonds. The van der Waals surface area contributed by atoms with E-state index >= 15 is 0 Å². The summed E-state index contributed by atoms with van der Waals surface area (Å²) in [7, 11) is 0. The van der Waals surface area contributed by atoms with Crippen LogP contribution in [0.5, 0.6) is 11.6 Å². The molecule has 34 heavy (non-hydrogen) atoms. The zero-order valence-corrected chi connectivity index (χ0v) is 18.6. The van der Waals surface area contributed by atoms with Gasteiger partial charge in [0.2, 0.25) is 11.8 Å². The van der Waals surface area contributed by atoms with E-state index in [0.717, 1.165) is 29.1 Å². The van der Waals surface area contributed by atoms with Gasteiger partial charge in [-0.05, 0) is 50.5 Å². The molecule has 10 heteroatoms. The van der Waals surface area contributed by atoms with Gasteiger partial charge in [-0.25, -0.2) is 9.78 Å². The van der Waals surface area contributed by atoms with Gasteiger partial charge in [0.1, 0.15) is 5.75 Å². The van der Waals surface area contributed by atoms with E-state index in [2.05, 4.69) is 15.5 Å². The molecule has 3 aromatic rings. The van der Waals surface area contributed by atoms with Crippen LogP contribution in [0, 0.1) is 13.8 Å². The molecule has 0 bridgehead atoms. The van der Waals surface area contributed by atoms with E-state index < -0.39 is 11.7 Å². The number of nitrogens with one attached hydrogen (secondary N) is 1. The van der Waals surface area contributed by atoms with Crippen LogP contribution in [0.15, 0.2) is 52.7 Å². The van der Waals surface area contributed by atoms with E-state index in [1.165, 1.54) is 11.6 Å². The topological polar surface area (TPSA) is 80.5 Å². The third-order valence-electron chi connectivity index (χ3n) is 5.59. The zero-order valence-electron chi connectivity index (χ0n) is 18.6. The second-order valence-electron chi connectivity index (χ2n) is 8.00. The lowest BCUT2D eigenvalue weighted by molar-refractivity contribution is -0.137. The van der Waals surface area contributed by atoms with Crippen LogP contribution in [0.1, 0.15) is 35.2 Å². The lowest BCUT2D eigenvalue weighted by Crippen LogP contribution is -2.39. The zero-order chi connectivity index (χ0) is 24.3. The maximum atomic E-state index is 12.7. The first kappa shape index (κ1) is 23.3. The highest BCUT2D eigenvalue weighted by molar-refractivity contribution is 5.88. The molecule has 7 nitrogen and oxygen atoms in total. The molecule has 0 radical (unpaired) electrons. The van der Waals surface area contributed by atoms with Crippen LogP contribution in [-0.2, 0) is 6.18 Å². The molecule has 1 aliphatic rings. The number of carbonyl (C=O) groups is 1. The van der Waals surface area contributed by atoms with Crippen molar-refractivity contribution in [3.63, 3.8) is 0 Å². The Balaban J connectivity index is 1.35. The van der Waals surface area contributed by atoms with Crippen molar-refractivity contribution < 1.29 is 27.2 Å². The number of aryl methyl sites for hydroxylation is 1. The van der Waals surface area contributed by atoms with Gasteiger partial charge in [0.25, 0.3) is 0 Å². The second-order valence-corrected chi connectivity index (χ2v) is 8.00. The van der Waals surface area contributed by atoms with Gasteiger partial charge in [-0.3, -0.25) is 5.32 Å². The van der Waals surface area contributed by atoms with Crippen LogP contribution in [-0.4, -0.2) is 34.2 Å². The predicted octanol–water partition coefficient (Wildman–Crippen LogP) is 6.21. The fourth-order valence-electron chi connectivity index (χ4n) is 3.48. The Labute approximate surface area is 194 Å². The standard InChI is InChI=1S/C24H23F3N4O3/c1-15-16(2)30-34-22(15)29-23(32)31-10-8-17(9-11-31)12-18-4-3-5-20(13-18)33-21-7-6-19(14-28-21)24(25,26)27/h3-7,12-14H,8-11H2,1-2H3,(H,29,32). The number of nitrogens with zero attached hydrogens (tertiary/aromatic N) is 3. The van der Waals surface area contributed by atoms with Crippen molar-refractivity contribution in [2.24, 2.45) is 0 Å². The first-order chi connectivity index (χ1) is 16.2. The molecule has 1 aromatic carbocycles. The molecule has 1 fully saturated rings. The highest BCUT2D eigenvalue weighted by atomic mass is 19.4. The summed E-state index contributed by atoms with van der Waals surface area (Å²) in [6, 6.07) is 9.11. The third-order valence-corrected chi connectivity index (χ3v) is 5.59. The number of amides is 2. The lowest BCUT2D eigenvalue weighted by atomic mass is 10.0. The number of rotatable bonds is 4. The number of benzene rings is 1. The Hall–Kier alpha value is -3.82. The summed E-state index contributed by atoms with van der Waals surface area (Å²) in [5.74, 6) is 0.911. The number of hydrogen-bond acceptors (Lipinski definition) is 5. The Bertz CT molecular complexity index is 1190. The Kier molecular flexibility index (Phi) is 6.58. The molecular formula is C24H23F3N4O3. The number of pyridine rings is 1. The number of carbonyl (C=O) groups excluding carboxylic acids is 1. The minimum Gasteiger partial charge on any atom is -0.439 e. The first-order valence-electron chi connectivity index (χ1n) is 10.7. The van der Waals surface area contributed by atoms with Crippen molar-refractivity contribution in [3.8, 4) is 11.6 Å². The average Bonchev–Trinajstić information content (AvgIpc) is 3.12. The minimum atomic E-state index is -4.44. The molecule has 178 valence electrons. The fraction of sp³-hybridized carbons (Fsp3) is 0.292. The maximum absolute atomic E-state index is 12.7. The van der Waals surface area contributed by atoms with Crippen LogP contribution >= 0.6 is 0 Å². The Morgan fingerprint density at radius 2 is 1.94 bits per heavy atom. The molecule has 1 saturated heterocycles. The van der Waals surface area contributed by atoms with Crippen molar-refractivity contribution in [2.45, 2.75) is 32.9 Å². The van der Waals surface area contributed by atoms with Crippen LogP contribution in [0.2, 0.25) is 0 Å². The summed E-state index contributed by atoms with van der Waals surface area (Å²) in [6.45, 7) is 4.78. The first-order valence-corrected chi connectivity index (χ1v) is 10.7. The number of likely N-dealkylation sites (tertiary alicyclic amines) is 1. The number of urea groups is 1. The predicted molar refractivity (Wildman–Crippen MR) is 120 cm³/mol. The molecule has 1 N–H and O–H groups in total. The molecule has 4 rings (SSSR count). The Morgan fingerprint density at radius 1 is 1.18 bits per heavy atom. The third kappa shape index (κ3) is 5.56. The maximum Gasteiger partial charge on any atom is 0.417 e. The van der Waals surface area contributed by atoms with Crippen LogP contribution in [0.3, 0.4) is 0 Å². The quantitative estimate of drug-likeness (QED) is 0.488. The van der Waals surface area contributed by atoms with Crippen LogP contribution < -0.4 is 10.1 Å². The minimum absolute atomic E-state index is 0.0781. The number of ether oxygens (including phenoxy) is 1. The molecular weight excluding hydrogens is 449 g/mol. The number of anilines is 1. The number of aromatic nitrogens is 2. The number of hydrogen-bond donors (Lipinski definition) is 1. The summed E-state index contributed by atoms with van der Waals surface area (Å²) in [5.41, 5.74) is 2.79. The van der Waals surface area contributed by atoms with Gasteiger partial charge in [-0.2, -0.15) is 13.2 Å². The highest BCUT2D eigenvalue weighted by Crippen LogP contribution is 2.30. The van der Waals surface area contributed by atoms with E-state index in [4.69, 9.17) is 9.26 Å². The fourth-order valence-corrected chi connectivity index (χ4v) is 3.48. The number of halogens is 3. The van der Waals surface area contributed by atoms with Crippen molar-refractivity contribution in [3.05, 3.63) is 70.6 Å². The molecule has 0 spiro atoms. The summed E-state index contributed by atoms with van der Waals surface area (Å²) < 4.78 is 48.8. The van der Waals surface area contributed by atoms with Gasteiger partial charge in [0.15, 0.2) is 0 Å². The van der Waals surface area contributed by atoms with Gasteiger partial charge in [0.05, 0.1) is 11.3 Å². The average molecular weight is 472 g/mol. The molecule has 1 aliphatic heterocycles. The highest BCUT2D eigenvalue weighted by Gasteiger charge is 2.30. The van der Waals surface area contributed by atoms with Gasteiger partial charge < -0.3 is 14.2 Å². The van der Waals surface area contributed by atoms with E-state index in [1.807, 2.05) is 26.0 Å². The molecule has 2 aromatic heterocycles. The van der Waals surface area contributed by atoms with Gasteiger partial charge in [-0.15, -0.1) is 0 Å². The summed E-state index contributed by atoms with van der Waals surface area (Å²) >= 11 is 0. The van der Waals surface area contributed by atoms with Gasteiger partial charge in [0, 0.05) is 30.9 Å². The summed E-state index contributed by atoms with van der Waals surface area (Å²) in [5, 5.41) is 6.60. The van der Waals surface area contributed by atoms with Crippen LogP contribution in [0.4, 0.5) is 23.8 Å². The summed E-state index contributed by atoms with van der Waals surface area (Å²) in [4.78, 5) is 18.0. The van der Waals surface area contributed by atoms with Crippen molar-refractivity contribution in [2.75, 3.05) is 18.4 Å². The summed E-state index contributed by atoms with van der Waals surface area (Å²) in [6.07, 6.45) is -0.231. The van der Waals surface area contributed by atoms with E-state index in [1.54, 1.807) is 23.1 Å². The lowest BCUT2D eigenvalue weighted by Gasteiger charge is -2.28. The molecule has 0 unspecified atom stereocenters. The van der Waals surface area contributed by atoms with Gasteiger partial charge >= 0.3 is 12.2 Å². The molecule has 0 aliphatic carbocycles.